The maximum Gasteiger partial charge on any atom is 0.191 e. The van der Waals surface area contributed by atoms with E-state index in [-0.39, 0.29) is 24.0 Å². The summed E-state index contributed by atoms with van der Waals surface area (Å²) in [5.41, 5.74) is 0. The molecule has 2 N–H and O–H groups in total. The second kappa shape index (κ2) is 9.80. The van der Waals surface area contributed by atoms with Crippen molar-refractivity contribution in [3.63, 3.8) is 0 Å². The zero-order valence-electron chi connectivity index (χ0n) is 12.0. The van der Waals surface area contributed by atoms with E-state index >= 15 is 0 Å². The van der Waals surface area contributed by atoms with Crippen LogP contribution in [-0.2, 0) is 4.74 Å². The molecule has 0 aromatic carbocycles. The van der Waals surface area contributed by atoms with E-state index in [1.54, 1.807) is 0 Å². The Balaban J connectivity index is 0.00000180. The third-order valence-corrected chi connectivity index (χ3v) is 3.69. The minimum absolute atomic E-state index is 0. The van der Waals surface area contributed by atoms with Gasteiger partial charge in [0, 0.05) is 19.6 Å². The van der Waals surface area contributed by atoms with E-state index < -0.39 is 0 Å². The van der Waals surface area contributed by atoms with E-state index in [9.17, 15) is 0 Å². The number of hydrogen-bond donors (Lipinski definition) is 2. The van der Waals surface area contributed by atoms with Crippen LogP contribution in [0.25, 0.3) is 0 Å². The maximum atomic E-state index is 5.93. The summed E-state index contributed by atoms with van der Waals surface area (Å²) in [5.74, 6) is 0.918. The van der Waals surface area contributed by atoms with Crippen molar-refractivity contribution in [3.05, 3.63) is 0 Å². The van der Waals surface area contributed by atoms with Crippen LogP contribution >= 0.6 is 24.0 Å². The van der Waals surface area contributed by atoms with Crippen molar-refractivity contribution in [2.24, 2.45) is 4.99 Å². The number of hydrogen-bond acceptors (Lipinski definition) is 2. The third kappa shape index (κ3) is 7.34. The second-order valence-electron chi connectivity index (χ2n) is 5.40. The molecule has 0 aromatic heterocycles. The van der Waals surface area contributed by atoms with Gasteiger partial charge in [-0.2, -0.15) is 0 Å². The van der Waals surface area contributed by atoms with Crippen molar-refractivity contribution >= 4 is 29.9 Å². The van der Waals surface area contributed by atoms with E-state index in [1.165, 1.54) is 51.4 Å². The Hall–Kier alpha value is -0.0400. The van der Waals surface area contributed by atoms with Crippen molar-refractivity contribution in [1.82, 2.24) is 10.6 Å². The highest BCUT2D eigenvalue weighted by Gasteiger charge is 2.22. The van der Waals surface area contributed by atoms with Gasteiger partial charge in [0.05, 0.1) is 12.7 Å². The molecule has 4 nitrogen and oxygen atoms in total. The Morgan fingerprint density at radius 2 is 1.79 bits per heavy atom. The molecule has 0 heterocycles. The van der Waals surface area contributed by atoms with Gasteiger partial charge in [0.2, 0.25) is 0 Å². The smallest absolute Gasteiger partial charge is 0.191 e. The fraction of sp³-hybridized carbons (Fsp3) is 0.929. The first-order valence-corrected chi connectivity index (χ1v) is 7.47. The van der Waals surface area contributed by atoms with Crippen LogP contribution in [0, 0.1) is 0 Å². The summed E-state index contributed by atoms with van der Waals surface area (Å²) >= 11 is 0. The molecule has 0 saturated heterocycles. The van der Waals surface area contributed by atoms with Gasteiger partial charge in [-0.1, -0.05) is 25.7 Å². The van der Waals surface area contributed by atoms with Crippen LogP contribution in [-0.4, -0.2) is 38.3 Å². The van der Waals surface area contributed by atoms with E-state index in [1.807, 2.05) is 7.05 Å². The summed E-state index contributed by atoms with van der Waals surface area (Å²) in [4.78, 5) is 4.21. The highest BCUT2D eigenvalue weighted by atomic mass is 127. The minimum atomic E-state index is 0. The Morgan fingerprint density at radius 3 is 2.37 bits per heavy atom. The summed E-state index contributed by atoms with van der Waals surface area (Å²) in [5, 5.41) is 6.68. The summed E-state index contributed by atoms with van der Waals surface area (Å²) in [6.07, 6.45) is 11.0. The quantitative estimate of drug-likeness (QED) is 0.253. The van der Waals surface area contributed by atoms with Gasteiger partial charge in [-0.25, -0.2) is 0 Å². The fourth-order valence-electron chi connectivity index (χ4n) is 2.42. The molecule has 2 fully saturated rings. The van der Waals surface area contributed by atoms with Crippen molar-refractivity contribution in [3.8, 4) is 0 Å². The number of nitrogens with one attached hydrogen (secondary N) is 2. The van der Waals surface area contributed by atoms with Gasteiger partial charge in [0.1, 0.15) is 0 Å². The van der Waals surface area contributed by atoms with Crippen LogP contribution in [0.2, 0.25) is 0 Å². The third-order valence-electron chi connectivity index (χ3n) is 3.69. The number of halogens is 1. The molecule has 0 bridgehead atoms. The molecule has 112 valence electrons. The van der Waals surface area contributed by atoms with Gasteiger partial charge in [0.15, 0.2) is 5.96 Å². The monoisotopic (exact) mass is 381 g/mol. The van der Waals surface area contributed by atoms with Crippen LogP contribution in [0.4, 0.5) is 0 Å². The average Bonchev–Trinajstić information content (AvgIpc) is 3.20. The zero-order chi connectivity index (χ0) is 12.6. The first-order valence-electron chi connectivity index (χ1n) is 7.47. The molecule has 2 rings (SSSR count). The molecule has 2 saturated carbocycles. The Kier molecular flexibility index (Phi) is 8.77. The molecule has 0 unspecified atom stereocenters. The van der Waals surface area contributed by atoms with Crippen molar-refractivity contribution in [1.29, 1.82) is 0 Å². The summed E-state index contributed by atoms with van der Waals surface area (Å²) < 4.78 is 5.93. The second-order valence-corrected chi connectivity index (χ2v) is 5.40. The Labute approximate surface area is 134 Å². The molecular weight excluding hydrogens is 353 g/mol. The van der Waals surface area contributed by atoms with Crippen LogP contribution in [0.1, 0.15) is 51.4 Å². The first-order chi connectivity index (χ1) is 8.88. The maximum absolute atomic E-state index is 5.93. The summed E-state index contributed by atoms with van der Waals surface area (Å²) in [7, 11) is 1.82. The topological polar surface area (TPSA) is 45.7 Å². The lowest BCUT2D eigenvalue weighted by Gasteiger charge is -2.16. The van der Waals surface area contributed by atoms with E-state index in [4.69, 9.17) is 4.74 Å². The number of nitrogens with zero attached hydrogens (tertiary/aromatic N) is 1. The van der Waals surface area contributed by atoms with Crippen molar-refractivity contribution in [2.45, 2.75) is 63.5 Å². The molecule has 0 amide bonds. The highest BCUT2D eigenvalue weighted by molar-refractivity contribution is 14.0. The number of aliphatic imine (C=N–C) groups is 1. The predicted molar refractivity (Wildman–Crippen MR) is 90.4 cm³/mol. The lowest BCUT2D eigenvalue weighted by atomic mass is 10.1. The number of rotatable bonds is 5. The Bertz CT molecular complexity index is 261. The van der Waals surface area contributed by atoms with Crippen LogP contribution in [0.5, 0.6) is 0 Å². The SMILES string of the molecule is CN=C(NCCOC1CCCCCC1)NC1CC1.I. The molecule has 0 atom stereocenters. The van der Waals surface area contributed by atoms with E-state index in [0.717, 1.165) is 19.1 Å². The highest BCUT2D eigenvalue weighted by Crippen LogP contribution is 2.19. The summed E-state index contributed by atoms with van der Waals surface area (Å²) in [6, 6.07) is 0.652. The predicted octanol–water partition coefficient (Wildman–Crippen LogP) is 2.67. The molecule has 0 radical (unpaired) electrons. The molecule has 2 aliphatic rings. The zero-order valence-corrected chi connectivity index (χ0v) is 14.3. The van der Waals surface area contributed by atoms with Gasteiger partial charge < -0.3 is 15.4 Å². The number of ether oxygens (including phenoxy) is 1. The number of guanidine groups is 1. The average molecular weight is 381 g/mol. The molecule has 0 spiro atoms. The molecule has 0 aliphatic heterocycles. The van der Waals surface area contributed by atoms with Gasteiger partial charge in [0.25, 0.3) is 0 Å². The molecule has 2 aliphatic carbocycles. The molecule has 5 heteroatoms. The van der Waals surface area contributed by atoms with E-state index in [2.05, 4.69) is 15.6 Å². The molecule has 19 heavy (non-hydrogen) atoms. The van der Waals surface area contributed by atoms with E-state index in [0.29, 0.717) is 12.1 Å². The Morgan fingerprint density at radius 1 is 1.11 bits per heavy atom. The molecule has 0 aromatic rings. The standard InChI is InChI=1S/C14H27N3O.HI/c1-15-14(17-12-8-9-12)16-10-11-18-13-6-4-2-3-5-7-13;/h12-13H,2-11H2,1H3,(H2,15,16,17);1H. The van der Waals surface area contributed by atoms with Crippen LogP contribution in [0.3, 0.4) is 0 Å². The molecular formula is C14H28IN3O. The lowest BCUT2D eigenvalue weighted by molar-refractivity contribution is 0.0468. The first kappa shape index (κ1) is 17.0. The van der Waals surface area contributed by atoms with Crippen LogP contribution < -0.4 is 10.6 Å². The largest absolute Gasteiger partial charge is 0.376 e. The minimum Gasteiger partial charge on any atom is -0.376 e. The fourth-order valence-corrected chi connectivity index (χ4v) is 2.42. The van der Waals surface area contributed by atoms with Crippen LogP contribution in [0.15, 0.2) is 4.99 Å². The van der Waals surface area contributed by atoms with Gasteiger partial charge in [-0.3, -0.25) is 4.99 Å². The lowest BCUT2D eigenvalue weighted by Crippen LogP contribution is -2.40. The normalized spacial score (nSPS) is 21.4. The van der Waals surface area contributed by atoms with Gasteiger partial charge >= 0.3 is 0 Å². The van der Waals surface area contributed by atoms with Crippen molar-refractivity contribution in [2.75, 3.05) is 20.2 Å². The summed E-state index contributed by atoms with van der Waals surface area (Å²) in [6.45, 7) is 1.64. The van der Waals surface area contributed by atoms with Gasteiger partial charge in [-0.15, -0.1) is 24.0 Å². The van der Waals surface area contributed by atoms with Crippen molar-refractivity contribution < 1.29 is 4.74 Å². The van der Waals surface area contributed by atoms with Gasteiger partial charge in [-0.05, 0) is 25.7 Å².